The van der Waals surface area contributed by atoms with Gasteiger partial charge in [0.15, 0.2) is 0 Å². The van der Waals surface area contributed by atoms with E-state index in [1.54, 1.807) is 7.11 Å². The Balaban J connectivity index is 3.30. The highest BCUT2D eigenvalue weighted by Crippen LogP contribution is 2.01. The fourth-order valence-corrected chi connectivity index (χ4v) is 1.47. The number of likely N-dealkylation sites (N-methyl/N-ethyl adjacent to an activating group) is 1. The van der Waals surface area contributed by atoms with E-state index in [1.807, 2.05) is 6.92 Å². The van der Waals surface area contributed by atoms with E-state index in [4.69, 9.17) is 9.47 Å². The van der Waals surface area contributed by atoms with Crippen LogP contribution in [0.2, 0.25) is 0 Å². The highest BCUT2D eigenvalue weighted by atomic mass is 16.5. The fourth-order valence-electron chi connectivity index (χ4n) is 1.47. The summed E-state index contributed by atoms with van der Waals surface area (Å²) in [5.41, 5.74) is 0. The Bertz CT molecular complexity index is 103. The van der Waals surface area contributed by atoms with Crippen LogP contribution in [-0.4, -0.2) is 39.5 Å². The van der Waals surface area contributed by atoms with Gasteiger partial charge in [-0.3, -0.25) is 0 Å². The van der Waals surface area contributed by atoms with Crippen LogP contribution in [0.1, 0.15) is 33.1 Å². The molecule has 0 aromatic carbocycles. The van der Waals surface area contributed by atoms with Gasteiger partial charge < -0.3 is 14.8 Å². The predicted molar refractivity (Wildman–Crippen MR) is 59.7 cm³/mol. The lowest BCUT2D eigenvalue weighted by Crippen LogP contribution is -2.32. The number of nitrogens with one attached hydrogen (secondary N) is 1. The number of methoxy groups -OCH3 is 1. The summed E-state index contributed by atoms with van der Waals surface area (Å²) in [6, 6.07) is 0.506. The Hall–Kier alpha value is -0.120. The number of ether oxygens (including phenoxy) is 2. The smallest absolute Gasteiger partial charge is 0.0615 e. The molecule has 0 heterocycles. The largest absolute Gasteiger partial charge is 0.383 e. The van der Waals surface area contributed by atoms with E-state index >= 15 is 0 Å². The second kappa shape index (κ2) is 11.0. The van der Waals surface area contributed by atoms with Gasteiger partial charge in [-0.2, -0.15) is 0 Å². The number of unbranched alkanes of at least 4 members (excludes halogenated alkanes) is 1. The molecule has 0 aromatic heterocycles. The third kappa shape index (κ3) is 8.48. The molecule has 0 aliphatic rings. The van der Waals surface area contributed by atoms with Crippen LogP contribution in [0.3, 0.4) is 0 Å². The molecule has 0 saturated heterocycles. The van der Waals surface area contributed by atoms with Crippen LogP contribution >= 0.6 is 0 Å². The summed E-state index contributed by atoms with van der Waals surface area (Å²) in [4.78, 5) is 0. The first-order chi connectivity index (χ1) is 6.85. The molecule has 0 aromatic rings. The second-order valence-electron chi connectivity index (χ2n) is 3.40. The molecule has 0 amide bonds. The summed E-state index contributed by atoms with van der Waals surface area (Å²) in [5, 5.41) is 3.41. The summed E-state index contributed by atoms with van der Waals surface area (Å²) in [6.45, 7) is 7.70. The maximum absolute atomic E-state index is 5.28. The highest BCUT2D eigenvalue weighted by Gasteiger charge is 2.05. The minimum Gasteiger partial charge on any atom is -0.383 e. The molecule has 0 radical (unpaired) electrons. The second-order valence-corrected chi connectivity index (χ2v) is 3.40. The fraction of sp³-hybridized carbons (Fsp3) is 1.00. The van der Waals surface area contributed by atoms with E-state index < -0.39 is 0 Å². The van der Waals surface area contributed by atoms with E-state index in [-0.39, 0.29) is 0 Å². The van der Waals surface area contributed by atoms with Crippen LogP contribution in [0.15, 0.2) is 0 Å². The van der Waals surface area contributed by atoms with Gasteiger partial charge in [-0.1, -0.05) is 6.92 Å². The Morgan fingerprint density at radius 1 is 1.21 bits per heavy atom. The molecule has 1 N–H and O–H groups in total. The standard InChI is InChI=1S/C11H25NO2/c1-4-12-11(10-13-3)8-6-7-9-14-5-2/h11-12H,4-10H2,1-3H3. The van der Waals surface area contributed by atoms with E-state index in [0.29, 0.717) is 6.04 Å². The van der Waals surface area contributed by atoms with E-state index in [0.717, 1.165) is 32.8 Å². The van der Waals surface area contributed by atoms with Crippen molar-refractivity contribution in [1.82, 2.24) is 5.32 Å². The number of hydrogen-bond acceptors (Lipinski definition) is 3. The maximum atomic E-state index is 5.28. The summed E-state index contributed by atoms with van der Waals surface area (Å²) in [5.74, 6) is 0. The molecule has 0 fully saturated rings. The zero-order valence-electron chi connectivity index (χ0n) is 9.84. The lowest BCUT2D eigenvalue weighted by Gasteiger charge is -2.16. The molecular weight excluding hydrogens is 178 g/mol. The van der Waals surface area contributed by atoms with Crippen molar-refractivity contribution < 1.29 is 9.47 Å². The van der Waals surface area contributed by atoms with E-state index in [9.17, 15) is 0 Å². The third-order valence-corrected chi connectivity index (χ3v) is 2.16. The molecule has 0 aliphatic heterocycles. The van der Waals surface area contributed by atoms with Crippen molar-refractivity contribution >= 4 is 0 Å². The maximum Gasteiger partial charge on any atom is 0.0615 e. The Kier molecular flexibility index (Phi) is 10.9. The molecule has 86 valence electrons. The first-order valence-corrected chi connectivity index (χ1v) is 5.65. The molecule has 14 heavy (non-hydrogen) atoms. The minimum absolute atomic E-state index is 0.506. The molecule has 0 saturated carbocycles. The summed E-state index contributed by atoms with van der Waals surface area (Å²) in [6.07, 6.45) is 3.54. The summed E-state index contributed by atoms with van der Waals surface area (Å²) in [7, 11) is 1.75. The summed E-state index contributed by atoms with van der Waals surface area (Å²) < 4.78 is 10.4. The third-order valence-electron chi connectivity index (χ3n) is 2.16. The normalized spacial score (nSPS) is 13.1. The molecule has 1 atom stereocenters. The SMILES string of the molecule is CCNC(CCCCOCC)COC. The topological polar surface area (TPSA) is 30.5 Å². The van der Waals surface area contributed by atoms with E-state index in [2.05, 4.69) is 12.2 Å². The van der Waals surface area contributed by atoms with Crippen LogP contribution in [0.5, 0.6) is 0 Å². The van der Waals surface area contributed by atoms with Crippen LogP contribution in [-0.2, 0) is 9.47 Å². The zero-order chi connectivity index (χ0) is 10.6. The van der Waals surface area contributed by atoms with Gasteiger partial charge in [0.1, 0.15) is 0 Å². The average Bonchev–Trinajstić information content (AvgIpc) is 2.18. The van der Waals surface area contributed by atoms with Crippen molar-refractivity contribution in [3.05, 3.63) is 0 Å². The highest BCUT2D eigenvalue weighted by molar-refractivity contribution is 4.64. The lowest BCUT2D eigenvalue weighted by atomic mass is 10.1. The van der Waals surface area contributed by atoms with Gasteiger partial charge in [0.25, 0.3) is 0 Å². The van der Waals surface area contributed by atoms with E-state index in [1.165, 1.54) is 12.8 Å². The molecule has 0 spiro atoms. The van der Waals surface area contributed by atoms with Gasteiger partial charge >= 0.3 is 0 Å². The Morgan fingerprint density at radius 2 is 2.00 bits per heavy atom. The van der Waals surface area contributed by atoms with Crippen molar-refractivity contribution in [2.75, 3.05) is 33.5 Å². The van der Waals surface area contributed by atoms with Crippen molar-refractivity contribution in [2.45, 2.75) is 39.2 Å². The minimum atomic E-state index is 0.506. The van der Waals surface area contributed by atoms with Gasteiger partial charge in [0.05, 0.1) is 6.61 Å². The van der Waals surface area contributed by atoms with Crippen molar-refractivity contribution in [3.8, 4) is 0 Å². The molecule has 1 unspecified atom stereocenters. The molecule has 3 nitrogen and oxygen atoms in total. The monoisotopic (exact) mass is 203 g/mol. The van der Waals surface area contributed by atoms with Gasteiger partial charge in [-0.15, -0.1) is 0 Å². The molecule has 0 bridgehead atoms. The first-order valence-electron chi connectivity index (χ1n) is 5.65. The zero-order valence-corrected chi connectivity index (χ0v) is 9.84. The van der Waals surface area contributed by atoms with Gasteiger partial charge in [0, 0.05) is 26.4 Å². The van der Waals surface area contributed by atoms with Crippen LogP contribution < -0.4 is 5.32 Å². The van der Waals surface area contributed by atoms with Gasteiger partial charge in [-0.05, 0) is 32.7 Å². The van der Waals surface area contributed by atoms with Crippen molar-refractivity contribution in [1.29, 1.82) is 0 Å². The predicted octanol–water partition coefficient (Wildman–Crippen LogP) is 1.82. The van der Waals surface area contributed by atoms with Crippen molar-refractivity contribution in [2.24, 2.45) is 0 Å². The van der Waals surface area contributed by atoms with Gasteiger partial charge in [0.2, 0.25) is 0 Å². The van der Waals surface area contributed by atoms with Crippen LogP contribution in [0.25, 0.3) is 0 Å². The van der Waals surface area contributed by atoms with Crippen LogP contribution in [0.4, 0.5) is 0 Å². The molecule has 0 rings (SSSR count). The first kappa shape index (κ1) is 13.9. The molecule has 0 aliphatic carbocycles. The molecular formula is C11H25NO2. The quantitative estimate of drug-likeness (QED) is 0.549. The number of rotatable bonds is 10. The molecule has 3 heteroatoms. The summed E-state index contributed by atoms with van der Waals surface area (Å²) >= 11 is 0. The van der Waals surface area contributed by atoms with Crippen LogP contribution in [0, 0.1) is 0 Å². The average molecular weight is 203 g/mol. The lowest BCUT2D eigenvalue weighted by molar-refractivity contribution is 0.136. The van der Waals surface area contributed by atoms with Gasteiger partial charge in [-0.25, -0.2) is 0 Å². The number of hydrogen-bond donors (Lipinski definition) is 1. The Morgan fingerprint density at radius 3 is 2.57 bits per heavy atom. The van der Waals surface area contributed by atoms with Crippen molar-refractivity contribution in [3.63, 3.8) is 0 Å². The Labute approximate surface area is 88.2 Å².